The summed E-state index contributed by atoms with van der Waals surface area (Å²) in [6, 6.07) is 20.8. The maximum atomic E-state index is 13.4. The summed E-state index contributed by atoms with van der Waals surface area (Å²) in [7, 11) is 0. The average Bonchev–Trinajstić information content (AvgIpc) is 3.51. The van der Waals surface area contributed by atoms with E-state index in [0.29, 0.717) is 18.6 Å². The Kier molecular flexibility index (Phi) is 9.14. The first-order chi connectivity index (χ1) is 18.0. The number of hydrogen-bond acceptors (Lipinski definition) is 6. The number of imide groups is 1. The van der Waals surface area contributed by atoms with Gasteiger partial charge in [0.1, 0.15) is 24.2 Å². The predicted octanol–water partition coefficient (Wildman–Crippen LogP) is 5.30. The Labute approximate surface area is 217 Å². The van der Waals surface area contributed by atoms with Crippen LogP contribution in [0.1, 0.15) is 55.8 Å². The van der Waals surface area contributed by atoms with Crippen LogP contribution in [0, 0.1) is 5.92 Å². The third kappa shape index (κ3) is 6.48. The van der Waals surface area contributed by atoms with Gasteiger partial charge in [-0.05, 0) is 36.5 Å². The smallest absolute Gasteiger partial charge is 0.416 e. The molecule has 0 radical (unpaired) electrons. The minimum absolute atomic E-state index is 0.127. The lowest BCUT2D eigenvalue weighted by Crippen LogP contribution is -2.44. The molecule has 7 heteroatoms. The summed E-state index contributed by atoms with van der Waals surface area (Å²) < 4.78 is 11.3. The summed E-state index contributed by atoms with van der Waals surface area (Å²) in [6.07, 6.45) is 2.83. The van der Waals surface area contributed by atoms with Crippen LogP contribution >= 0.6 is 0 Å². The number of aryl methyl sites for hydroxylation is 1. The summed E-state index contributed by atoms with van der Waals surface area (Å²) in [5.41, 5.74) is 2.86. The highest BCUT2D eigenvalue weighted by Crippen LogP contribution is 2.35. The van der Waals surface area contributed by atoms with Gasteiger partial charge in [0, 0.05) is 18.6 Å². The summed E-state index contributed by atoms with van der Waals surface area (Å²) in [4.78, 5) is 27.0. The van der Waals surface area contributed by atoms with E-state index in [-0.39, 0.29) is 13.2 Å². The second kappa shape index (κ2) is 12.7. The fourth-order valence-corrected chi connectivity index (χ4v) is 4.76. The van der Waals surface area contributed by atoms with Crippen LogP contribution in [-0.4, -0.2) is 46.4 Å². The van der Waals surface area contributed by atoms with Crippen molar-refractivity contribution >= 4 is 12.0 Å². The Bertz CT molecular complexity index is 1160. The van der Waals surface area contributed by atoms with E-state index in [1.54, 1.807) is 13.0 Å². The van der Waals surface area contributed by atoms with Crippen LogP contribution in [-0.2, 0) is 22.4 Å². The normalized spacial score (nSPS) is 17.0. The predicted molar refractivity (Wildman–Crippen MR) is 140 cm³/mol. The Morgan fingerprint density at radius 3 is 2.41 bits per heavy atom. The molecule has 1 aromatic heterocycles. The number of benzene rings is 2. The van der Waals surface area contributed by atoms with Gasteiger partial charge in [-0.3, -0.25) is 4.79 Å². The quantitative estimate of drug-likeness (QED) is 0.324. The lowest BCUT2D eigenvalue weighted by Gasteiger charge is -2.25. The van der Waals surface area contributed by atoms with E-state index in [2.05, 4.69) is 0 Å². The van der Waals surface area contributed by atoms with Crippen LogP contribution in [0.25, 0.3) is 11.1 Å². The molecule has 0 bridgehead atoms. The Morgan fingerprint density at radius 2 is 1.70 bits per heavy atom. The number of hydrogen-bond donors (Lipinski definition) is 2. The van der Waals surface area contributed by atoms with Gasteiger partial charge in [-0.1, -0.05) is 80.4 Å². The Hall–Kier alpha value is -3.42. The number of amides is 2. The van der Waals surface area contributed by atoms with Crippen LogP contribution < -0.4 is 0 Å². The van der Waals surface area contributed by atoms with Crippen LogP contribution in [0.3, 0.4) is 0 Å². The van der Waals surface area contributed by atoms with E-state index in [9.17, 15) is 14.7 Å². The monoisotopic (exact) mass is 505 g/mol. The number of rotatable bonds is 12. The van der Waals surface area contributed by atoms with Crippen molar-refractivity contribution in [2.75, 3.05) is 13.2 Å². The molecular formula is C30H35NO6. The zero-order valence-electron chi connectivity index (χ0n) is 21.2. The van der Waals surface area contributed by atoms with E-state index < -0.39 is 30.1 Å². The molecule has 196 valence electrons. The van der Waals surface area contributed by atoms with Gasteiger partial charge in [-0.15, -0.1) is 0 Å². The molecule has 2 amide bonds. The van der Waals surface area contributed by atoms with Gasteiger partial charge in [-0.25, -0.2) is 9.69 Å². The Balaban J connectivity index is 1.51. The summed E-state index contributed by atoms with van der Waals surface area (Å²) >= 11 is 0. The third-order valence-electron chi connectivity index (χ3n) is 6.89. The SMILES string of the molecule is C[C@H](C(=O)N1C(=O)OC[C@@H]1Cc1ccccc1)[C@H](O)c1cc(-c2ccccc2)c(CCCCCCO)o1. The van der Waals surface area contributed by atoms with Crippen LogP contribution in [0.4, 0.5) is 4.79 Å². The topological polar surface area (TPSA) is 100 Å². The van der Waals surface area contributed by atoms with Crippen molar-refractivity contribution in [2.24, 2.45) is 5.92 Å². The van der Waals surface area contributed by atoms with Gasteiger partial charge in [0.05, 0.1) is 12.0 Å². The minimum atomic E-state index is -1.22. The minimum Gasteiger partial charge on any atom is -0.463 e. The Morgan fingerprint density at radius 1 is 1.03 bits per heavy atom. The number of cyclic esters (lactones) is 1. The highest BCUT2D eigenvalue weighted by molar-refractivity contribution is 5.95. The van der Waals surface area contributed by atoms with Crippen molar-refractivity contribution in [3.05, 3.63) is 83.8 Å². The van der Waals surface area contributed by atoms with Crippen molar-refractivity contribution < 1.29 is 29.0 Å². The molecule has 0 aliphatic carbocycles. The van der Waals surface area contributed by atoms with Gasteiger partial charge in [0.15, 0.2) is 0 Å². The first-order valence-corrected chi connectivity index (χ1v) is 13.0. The van der Waals surface area contributed by atoms with Gasteiger partial charge in [0.2, 0.25) is 5.91 Å². The number of aliphatic hydroxyl groups excluding tert-OH is 2. The fraction of sp³-hybridized carbons (Fsp3) is 0.400. The van der Waals surface area contributed by atoms with E-state index in [1.165, 1.54) is 0 Å². The van der Waals surface area contributed by atoms with Gasteiger partial charge in [-0.2, -0.15) is 0 Å². The number of ether oxygens (including phenoxy) is 1. The maximum absolute atomic E-state index is 13.4. The van der Waals surface area contributed by atoms with Crippen molar-refractivity contribution in [3.63, 3.8) is 0 Å². The summed E-state index contributed by atoms with van der Waals surface area (Å²) in [6.45, 7) is 1.92. The zero-order chi connectivity index (χ0) is 26.2. The first kappa shape index (κ1) is 26.6. The van der Waals surface area contributed by atoms with Gasteiger partial charge < -0.3 is 19.4 Å². The molecule has 3 atom stereocenters. The first-order valence-electron chi connectivity index (χ1n) is 13.0. The number of carbonyl (C=O) groups is 2. The highest BCUT2D eigenvalue weighted by Gasteiger charge is 2.42. The second-order valence-electron chi connectivity index (χ2n) is 9.60. The zero-order valence-corrected chi connectivity index (χ0v) is 21.2. The molecule has 1 saturated heterocycles. The van der Waals surface area contributed by atoms with E-state index in [0.717, 1.165) is 53.0 Å². The number of aliphatic hydroxyl groups is 2. The lowest BCUT2D eigenvalue weighted by molar-refractivity contribution is -0.137. The molecule has 1 fully saturated rings. The van der Waals surface area contributed by atoms with Crippen molar-refractivity contribution in [2.45, 2.75) is 57.6 Å². The number of furan rings is 1. The molecule has 2 aromatic carbocycles. The molecule has 0 unspecified atom stereocenters. The van der Waals surface area contributed by atoms with Crippen molar-refractivity contribution in [3.8, 4) is 11.1 Å². The van der Waals surface area contributed by atoms with Crippen molar-refractivity contribution in [1.82, 2.24) is 4.90 Å². The van der Waals surface area contributed by atoms with Crippen LogP contribution in [0.2, 0.25) is 0 Å². The van der Waals surface area contributed by atoms with E-state index >= 15 is 0 Å². The van der Waals surface area contributed by atoms with E-state index in [4.69, 9.17) is 14.3 Å². The van der Waals surface area contributed by atoms with Crippen LogP contribution in [0.5, 0.6) is 0 Å². The molecule has 3 aromatic rings. The lowest BCUT2D eigenvalue weighted by atomic mass is 9.97. The highest BCUT2D eigenvalue weighted by atomic mass is 16.6. The largest absolute Gasteiger partial charge is 0.463 e. The fourth-order valence-electron chi connectivity index (χ4n) is 4.76. The molecule has 4 rings (SSSR count). The molecule has 37 heavy (non-hydrogen) atoms. The number of unbranched alkanes of at least 4 members (excludes halogenated alkanes) is 3. The molecule has 0 spiro atoms. The molecular weight excluding hydrogens is 470 g/mol. The number of nitrogens with zero attached hydrogens (tertiary/aromatic N) is 1. The molecule has 0 saturated carbocycles. The van der Waals surface area contributed by atoms with Crippen molar-refractivity contribution in [1.29, 1.82) is 0 Å². The van der Waals surface area contributed by atoms with E-state index in [1.807, 2.05) is 60.7 Å². The molecule has 2 N–H and O–H groups in total. The summed E-state index contributed by atoms with van der Waals surface area (Å²) in [5, 5.41) is 20.2. The number of carbonyl (C=O) groups excluding carboxylic acids is 2. The third-order valence-corrected chi connectivity index (χ3v) is 6.89. The average molecular weight is 506 g/mol. The standard InChI is InChI=1S/C30H35NO6/c1-21(29(34)31-24(20-36-30(31)35)18-22-12-6-4-7-13-22)28(33)27-19-25(23-14-8-5-9-15-23)26(37-27)16-10-2-3-11-17-32/h4-9,12-15,19,21,24,28,32-33H,2-3,10-11,16-18,20H2,1H3/t21-,24-,28-/m0/s1. The molecule has 2 heterocycles. The van der Waals surface area contributed by atoms with Gasteiger partial charge in [0.25, 0.3) is 0 Å². The summed E-state index contributed by atoms with van der Waals surface area (Å²) in [5.74, 6) is -0.334. The molecule has 1 aliphatic rings. The molecule has 1 aliphatic heterocycles. The maximum Gasteiger partial charge on any atom is 0.416 e. The van der Waals surface area contributed by atoms with Gasteiger partial charge >= 0.3 is 6.09 Å². The van der Waals surface area contributed by atoms with Crippen LogP contribution in [0.15, 0.2) is 71.1 Å². The molecule has 7 nitrogen and oxygen atoms in total. The second-order valence-corrected chi connectivity index (χ2v) is 9.60.